The smallest absolute Gasteiger partial charge is 0.258 e. The van der Waals surface area contributed by atoms with Crippen molar-refractivity contribution in [2.45, 2.75) is 38.6 Å². The molecule has 0 saturated carbocycles. The first kappa shape index (κ1) is 18.6. The Hall–Kier alpha value is -1.75. The van der Waals surface area contributed by atoms with E-state index in [0.29, 0.717) is 37.6 Å². The molecular formula is C18H25ClN2O3. The second-order valence-electron chi connectivity index (χ2n) is 6.12. The number of hydrogen-bond acceptors (Lipinski definition) is 3. The van der Waals surface area contributed by atoms with Crippen LogP contribution in [0.2, 0.25) is 0 Å². The Bertz CT molecular complexity index is 540. The standard InChI is InChI=1S/C18H25ClN2O3/c1-14-4-6-16(7-5-14)24-13-17(22)20-15-8-11-21(12-9-15)18(23)3-2-10-19/h4-7,15H,2-3,8-13H2,1H3,(H,20,22). The SMILES string of the molecule is Cc1ccc(OCC(=O)NC2CCN(C(=O)CCCCl)CC2)cc1. The summed E-state index contributed by atoms with van der Waals surface area (Å²) in [6.45, 7) is 3.39. The van der Waals surface area contributed by atoms with Crippen molar-refractivity contribution in [1.82, 2.24) is 10.2 Å². The molecule has 1 heterocycles. The van der Waals surface area contributed by atoms with Gasteiger partial charge in [-0.05, 0) is 38.3 Å². The Morgan fingerprint density at radius 1 is 1.25 bits per heavy atom. The van der Waals surface area contributed by atoms with Gasteiger partial charge in [-0.25, -0.2) is 0 Å². The minimum atomic E-state index is -0.123. The second kappa shape index (κ2) is 9.52. The maximum absolute atomic E-state index is 12.0. The Kier molecular flexibility index (Phi) is 7.37. The van der Waals surface area contributed by atoms with Crippen LogP contribution < -0.4 is 10.1 Å². The molecule has 1 aromatic carbocycles. The first-order valence-electron chi connectivity index (χ1n) is 8.41. The number of nitrogens with zero attached hydrogens (tertiary/aromatic N) is 1. The Labute approximate surface area is 148 Å². The highest BCUT2D eigenvalue weighted by molar-refractivity contribution is 6.17. The molecule has 132 valence electrons. The highest BCUT2D eigenvalue weighted by atomic mass is 35.5. The van der Waals surface area contributed by atoms with Gasteiger partial charge in [0, 0.05) is 31.4 Å². The quantitative estimate of drug-likeness (QED) is 0.767. The van der Waals surface area contributed by atoms with E-state index in [-0.39, 0.29) is 24.5 Å². The number of nitrogens with one attached hydrogen (secondary N) is 1. The molecule has 1 aliphatic heterocycles. The van der Waals surface area contributed by atoms with E-state index in [0.717, 1.165) is 18.4 Å². The monoisotopic (exact) mass is 352 g/mol. The highest BCUT2D eigenvalue weighted by Gasteiger charge is 2.23. The van der Waals surface area contributed by atoms with E-state index >= 15 is 0 Å². The molecule has 0 spiro atoms. The van der Waals surface area contributed by atoms with Gasteiger partial charge in [-0.15, -0.1) is 11.6 Å². The predicted octanol–water partition coefficient (Wildman–Crippen LogP) is 2.50. The van der Waals surface area contributed by atoms with Gasteiger partial charge in [-0.1, -0.05) is 17.7 Å². The molecule has 0 radical (unpaired) electrons. The van der Waals surface area contributed by atoms with Gasteiger partial charge < -0.3 is 15.0 Å². The van der Waals surface area contributed by atoms with Crippen LogP contribution in [0.3, 0.4) is 0 Å². The summed E-state index contributed by atoms with van der Waals surface area (Å²) >= 11 is 5.62. The van der Waals surface area contributed by atoms with Gasteiger partial charge in [0.05, 0.1) is 0 Å². The molecule has 0 aromatic heterocycles. The van der Waals surface area contributed by atoms with E-state index in [2.05, 4.69) is 5.32 Å². The van der Waals surface area contributed by atoms with E-state index < -0.39 is 0 Å². The van der Waals surface area contributed by atoms with Crippen LogP contribution in [0.5, 0.6) is 5.75 Å². The van der Waals surface area contributed by atoms with Gasteiger partial charge >= 0.3 is 0 Å². The third-order valence-electron chi connectivity index (χ3n) is 4.13. The van der Waals surface area contributed by atoms with Crippen molar-refractivity contribution in [2.24, 2.45) is 0 Å². The van der Waals surface area contributed by atoms with Gasteiger partial charge in [-0.2, -0.15) is 0 Å². The van der Waals surface area contributed by atoms with Crippen molar-refractivity contribution < 1.29 is 14.3 Å². The third-order valence-corrected chi connectivity index (χ3v) is 4.40. The van der Waals surface area contributed by atoms with Gasteiger partial charge in [0.1, 0.15) is 5.75 Å². The van der Waals surface area contributed by atoms with Crippen molar-refractivity contribution in [2.75, 3.05) is 25.6 Å². The highest BCUT2D eigenvalue weighted by Crippen LogP contribution is 2.13. The van der Waals surface area contributed by atoms with Crippen LogP contribution in [-0.2, 0) is 9.59 Å². The van der Waals surface area contributed by atoms with E-state index in [1.807, 2.05) is 36.1 Å². The molecule has 2 amide bonds. The van der Waals surface area contributed by atoms with Crippen LogP contribution in [0.1, 0.15) is 31.2 Å². The average molecular weight is 353 g/mol. The predicted molar refractivity (Wildman–Crippen MR) is 94.4 cm³/mol. The van der Waals surface area contributed by atoms with Crippen LogP contribution in [0, 0.1) is 6.92 Å². The lowest BCUT2D eigenvalue weighted by molar-refractivity contribution is -0.132. The topological polar surface area (TPSA) is 58.6 Å². The normalized spacial score (nSPS) is 15.2. The number of amides is 2. The fraction of sp³-hybridized carbons (Fsp3) is 0.556. The Morgan fingerprint density at radius 3 is 2.54 bits per heavy atom. The van der Waals surface area contributed by atoms with Gasteiger partial charge in [-0.3, -0.25) is 9.59 Å². The summed E-state index contributed by atoms with van der Waals surface area (Å²) in [7, 11) is 0. The summed E-state index contributed by atoms with van der Waals surface area (Å²) < 4.78 is 5.48. The summed E-state index contributed by atoms with van der Waals surface area (Å²) in [5.41, 5.74) is 1.15. The number of alkyl halides is 1. The zero-order chi connectivity index (χ0) is 17.4. The number of benzene rings is 1. The molecule has 1 saturated heterocycles. The Balaban J connectivity index is 1.66. The van der Waals surface area contributed by atoms with Crippen LogP contribution >= 0.6 is 11.6 Å². The number of carbonyl (C=O) groups is 2. The molecule has 0 unspecified atom stereocenters. The minimum absolute atomic E-state index is 0.0118. The van der Waals surface area contributed by atoms with E-state index in [1.54, 1.807) is 0 Å². The van der Waals surface area contributed by atoms with Crippen molar-refractivity contribution in [3.8, 4) is 5.75 Å². The second-order valence-corrected chi connectivity index (χ2v) is 6.49. The molecule has 0 bridgehead atoms. The third kappa shape index (κ3) is 6.04. The first-order chi connectivity index (χ1) is 11.6. The van der Waals surface area contributed by atoms with Crippen molar-refractivity contribution in [1.29, 1.82) is 0 Å². The van der Waals surface area contributed by atoms with Crippen molar-refractivity contribution >= 4 is 23.4 Å². The summed E-state index contributed by atoms with van der Waals surface area (Å²) in [6, 6.07) is 7.71. The lowest BCUT2D eigenvalue weighted by Gasteiger charge is -2.32. The molecule has 24 heavy (non-hydrogen) atoms. The average Bonchev–Trinajstić information content (AvgIpc) is 2.60. The number of likely N-dealkylation sites (tertiary alicyclic amines) is 1. The summed E-state index contributed by atoms with van der Waals surface area (Å²) in [5, 5.41) is 2.98. The lowest BCUT2D eigenvalue weighted by atomic mass is 10.0. The van der Waals surface area contributed by atoms with Gasteiger partial charge in [0.25, 0.3) is 5.91 Å². The number of piperidine rings is 1. The van der Waals surface area contributed by atoms with Crippen LogP contribution in [0.15, 0.2) is 24.3 Å². The molecule has 1 aromatic rings. The maximum Gasteiger partial charge on any atom is 0.258 e. The molecule has 0 atom stereocenters. The van der Waals surface area contributed by atoms with E-state index in [1.165, 1.54) is 0 Å². The zero-order valence-corrected chi connectivity index (χ0v) is 14.8. The molecule has 1 N–H and O–H groups in total. The molecule has 0 aliphatic carbocycles. The van der Waals surface area contributed by atoms with E-state index in [4.69, 9.17) is 16.3 Å². The largest absolute Gasteiger partial charge is 0.484 e. The number of aryl methyl sites for hydroxylation is 1. The number of hydrogen-bond donors (Lipinski definition) is 1. The molecule has 2 rings (SSSR count). The Morgan fingerprint density at radius 2 is 1.92 bits per heavy atom. The maximum atomic E-state index is 12.0. The molecule has 6 heteroatoms. The van der Waals surface area contributed by atoms with Gasteiger partial charge in [0.15, 0.2) is 6.61 Å². The summed E-state index contributed by atoms with van der Waals surface area (Å²) in [6.07, 6.45) is 2.78. The number of carbonyl (C=O) groups excluding carboxylic acids is 2. The van der Waals surface area contributed by atoms with Crippen LogP contribution in [0.4, 0.5) is 0 Å². The molecule has 1 aliphatic rings. The lowest BCUT2D eigenvalue weighted by Crippen LogP contribution is -2.47. The summed E-state index contributed by atoms with van der Waals surface area (Å²) in [5.74, 6) is 1.24. The number of halogens is 1. The molecule has 5 nitrogen and oxygen atoms in total. The first-order valence-corrected chi connectivity index (χ1v) is 8.94. The van der Waals surface area contributed by atoms with E-state index in [9.17, 15) is 9.59 Å². The van der Waals surface area contributed by atoms with Crippen LogP contribution in [-0.4, -0.2) is 48.3 Å². The fourth-order valence-electron chi connectivity index (χ4n) is 2.70. The van der Waals surface area contributed by atoms with Gasteiger partial charge in [0.2, 0.25) is 5.91 Å². The number of rotatable bonds is 7. The van der Waals surface area contributed by atoms with Crippen LogP contribution in [0.25, 0.3) is 0 Å². The molecule has 1 fully saturated rings. The number of ether oxygens (including phenoxy) is 1. The summed E-state index contributed by atoms with van der Waals surface area (Å²) in [4.78, 5) is 25.8. The van der Waals surface area contributed by atoms with Crippen molar-refractivity contribution in [3.63, 3.8) is 0 Å². The van der Waals surface area contributed by atoms with Crippen molar-refractivity contribution in [3.05, 3.63) is 29.8 Å². The molecular weight excluding hydrogens is 328 g/mol. The minimum Gasteiger partial charge on any atom is -0.484 e. The fourth-order valence-corrected chi connectivity index (χ4v) is 2.84. The zero-order valence-electron chi connectivity index (χ0n) is 14.1.